The van der Waals surface area contributed by atoms with Gasteiger partial charge in [0.15, 0.2) is 0 Å². The van der Waals surface area contributed by atoms with E-state index in [1.54, 1.807) is 7.05 Å². The van der Waals surface area contributed by atoms with Crippen molar-refractivity contribution >= 4 is 5.91 Å². The maximum Gasteiger partial charge on any atom is 0.236 e. The summed E-state index contributed by atoms with van der Waals surface area (Å²) < 4.78 is 0. The van der Waals surface area contributed by atoms with Crippen LogP contribution in [0.4, 0.5) is 0 Å². The predicted molar refractivity (Wildman–Crippen MR) is 67.3 cm³/mol. The molecule has 0 aromatic rings. The first-order valence-electron chi connectivity index (χ1n) is 6.58. The molecule has 1 saturated heterocycles. The fourth-order valence-electron chi connectivity index (χ4n) is 2.45. The summed E-state index contributed by atoms with van der Waals surface area (Å²) in [7, 11) is 1.71. The molecule has 16 heavy (non-hydrogen) atoms. The van der Waals surface area contributed by atoms with E-state index in [4.69, 9.17) is 0 Å². The Morgan fingerprint density at radius 1 is 1.50 bits per heavy atom. The lowest BCUT2D eigenvalue weighted by Crippen LogP contribution is -2.47. The van der Waals surface area contributed by atoms with Crippen LogP contribution in [0, 0.1) is 11.8 Å². The number of amides is 1. The second kappa shape index (κ2) is 6.89. The third kappa shape index (κ3) is 4.52. The van der Waals surface area contributed by atoms with Gasteiger partial charge in [-0.15, -0.1) is 0 Å². The van der Waals surface area contributed by atoms with Crippen LogP contribution in [0.15, 0.2) is 0 Å². The third-order valence-electron chi connectivity index (χ3n) is 3.47. The Morgan fingerprint density at radius 3 is 2.88 bits per heavy atom. The maximum atomic E-state index is 11.5. The second-order valence-electron chi connectivity index (χ2n) is 5.34. The highest BCUT2D eigenvalue weighted by atomic mass is 16.2. The molecule has 0 aromatic carbocycles. The van der Waals surface area contributed by atoms with Gasteiger partial charge in [0.05, 0.1) is 6.04 Å². The van der Waals surface area contributed by atoms with Crippen molar-refractivity contribution in [2.24, 2.45) is 11.8 Å². The number of likely N-dealkylation sites (N-methyl/N-ethyl adjacent to an activating group) is 1. The van der Waals surface area contributed by atoms with Gasteiger partial charge in [0.2, 0.25) is 5.91 Å². The standard InChI is InChI=1S/C13H26N2O/c1-10(2)5-4-6-11-7-8-15-12(9-11)13(16)14-3/h10-12,15H,4-9H2,1-3H3,(H,14,16). The number of carbonyl (C=O) groups is 1. The molecular weight excluding hydrogens is 200 g/mol. The van der Waals surface area contributed by atoms with E-state index in [1.807, 2.05) is 0 Å². The van der Waals surface area contributed by atoms with Crippen LogP contribution in [0.25, 0.3) is 0 Å². The van der Waals surface area contributed by atoms with E-state index in [0.29, 0.717) is 0 Å². The van der Waals surface area contributed by atoms with Crippen molar-refractivity contribution < 1.29 is 4.79 Å². The van der Waals surface area contributed by atoms with E-state index in [9.17, 15) is 4.79 Å². The highest BCUT2D eigenvalue weighted by Crippen LogP contribution is 2.23. The highest BCUT2D eigenvalue weighted by molar-refractivity contribution is 5.81. The van der Waals surface area contributed by atoms with Crippen molar-refractivity contribution in [3.8, 4) is 0 Å². The predicted octanol–water partition coefficient (Wildman–Crippen LogP) is 1.93. The molecule has 1 fully saturated rings. The van der Waals surface area contributed by atoms with Gasteiger partial charge in [-0.05, 0) is 31.2 Å². The number of hydrogen-bond donors (Lipinski definition) is 2. The van der Waals surface area contributed by atoms with Gasteiger partial charge in [-0.3, -0.25) is 4.79 Å². The van der Waals surface area contributed by atoms with Crippen LogP contribution >= 0.6 is 0 Å². The van der Waals surface area contributed by atoms with Crippen LogP contribution in [-0.4, -0.2) is 25.5 Å². The molecule has 0 aliphatic carbocycles. The molecule has 2 atom stereocenters. The number of carbonyl (C=O) groups excluding carboxylic acids is 1. The Balaban J connectivity index is 2.25. The van der Waals surface area contributed by atoms with E-state index in [1.165, 1.54) is 25.7 Å². The van der Waals surface area contributed by atoms with Crippen LogP contribution in [0.3, 0.4) is 0 Å². The lowest BCUT2D eigenvalue weighted by atomic mass is 9.87. The molecule has 94 valence electrons. The summed E-state index contributed by atoms with van der Waals surface area (Å²) in [6.07, 6.45) is 6.15. The molecule has 1 aliphatic heterocycles. The Labute approximate surface area is 99.4 Å². The van der Waals surface area contributed by atoms with Gasteiger partial charge in [-0.25, -0.2) is 0 Å². The quantitative estimate of drug-likeness (QED) is 0.752. The average Bonchev–Trinajstić information content (AvgIpc) is 2.28. The number of nitrogens with one attached hydrogen (secondary N) is 2. The van der Waals surface area contributed by atoms with Gasteiger partial charge in [0, 0.05) is 7.05 Å². The zero-order chi connectivity index (χ0) is 12.0. The average molecular weight is 226 g/mol. The molecule has 0 radical (unpaired) electrons. The first-order valence-corrected chi connectivity index (χ1v) is 6.58. The summed E-state index contributed by atoms with van der Waals surface area (Å²) in [5.41, 5.74) is 0. The van der Waals surface area contributed by atoms with Crippen molar-refractivity contribution in [3.05, 3.63) is 0 Å². The lowest BCUT2D eigenvalue weighted by Gasteiger charge is -2.29. The zero-order valence-corrected chi connectivity index (χ0v) is 10.9. The van der Waals surface area contributed by atoms with Crippen molar-refractivity contribution in [2.45, 2.75) is 52.0 Å². The van der Waals surface area contributed by atoms with Gasteiger partial charge in [-0.2, -0.15) is 0 Å². The molecule has 3 nitrogen and oxygen atoms in total. The van der Waals surface area contributed by atoms with E-state index < -0.39 is 0 Å². The molecule has 0 saturated carbocycles. The molecule has 1 amide bonds. The lowest BCUT2D eigenvalue weighted by molar-refractivity contribution is -0.123. The minimum Gasteiger partial charge on any atom is -0.358 e. The smallest absolute Gasteiger partial charge is 0.236 e. The van der Waals surface area contributed by atoms with Gasteiger partial charge in [0.25, 0.3) is 0 Å². The molecule has 1 rings (SSSR count). The number of hydrogen-bond acceptors (Lipinski definition) is 2. The van der Waals surface area contributed by atoms with Gasteiger partial charge < -0.3 is 10.6 Å². The fourth-order valence-corrected chi connectivity index (χ4v) is 2.45. The van der Waals surface area contributed by atoms with Crippen molar-refractivity contribution in [2.75, 3.05) is 13.6 Å². The molecule has 2 unspecified atom stereocenters. The zero-order valence-electron chi connectivity index (χ0n) is 10.9. The first-order chi connectivity index (χ1) is 7.63. The monoisotopic (exact) mass is 226 g/mol. The molecule has 0 spiro atoms. The minimum atomic E-state index is 0.0443. The molecule has 2 N–H and O–H groups in total. The maximum absolute atomic E-state index is 11.5. The van der Waals surface area contributed by atoms with E-state index in [-0.39, 0.29) is 11.9 Å². The van der Waals surface area contributed by atoms with Gasteiger partial charge in [0.1, 0.15) is 0 Å². The van der Waals surface area contributed by atoms with Crippen LogP contribution in [-0.2, 0) is 4.79 Å². The summed E-state index contributed by atoms with van der Waals surface area (Å²) in [6.45, 7) is 5.54. The number of rotatable bonds is 5. The highest BCUT2D eigenvalue weighted by Gasteiger charge is 2.25. The van der Waals surface area contributed by atoms with Crippen molar-refractivity contribution in [1.82, 2.24) is 10.6 Å². The van der Waals surface area contributed by atoms with Crippen LogP contribution < -0.4 is 10.6 Å². The Bertz CT molecular complexity index is 216. The Hall–Kier alpha value is -0.570. The largest absolute Gasteiger partial charge is 0.358 e. The molecule has 3 heteroatoms. The van der Waals surface area contributed by atoms with Crippen molar-refractivity contribution in [1.29, 1.82) is 0 Å². The minimum absolute atomic E-state index is 0.0443. The van der Waals surface area contributed by atoms with Gasteiger partial charge >= 0.3 is 0 Å². The summed E-state index contributed by atoms with van der Waals surface area (Å²) in [6, 6.07) is 0.0443. The Kier molecular flexibility index (Phi) is 5.81. The third-order valence-corrected chi connectivity index (χ3v) is 3.47. The summed E-state index contributed by atoms with van der Waals surface area (Å²) >= 11 is 0. The summed E-state index contributed by atoms with van der Waals surface area (Å²) in [5.74, 6) is 1.69. The first kappa shape index (κ1) is 13.5. The molecule has 1 aliphatic rings. The molecular formula is C13H26N2O. The van der Waals surface area contributed by atoms with Gasteiger partial charge in [-0.1, -0.05) is 33.1 Å². The summed E-state index contributed by atoms with van der Waals surface area (Å²) in [4.78, 5) is 11.5. The molecule has 1 heterocycles. The number of piperidine rings is 1. The normalized spacial score (nSPS) is 25.8. The van der Waals surface area contributed by atoms with E-state index in [2.05, 4.69) is 24.5 Å². The molecule has 0 aromatic heterocycles. The topological polar surface area (TPSA) is 41.1 Å². The van der Waals surface area contributed by atoms with Crippen LogP contribution in [0.5, 0.6) is 0 Å². The molecule has 0 bridgehead atoms. The van der Waals surface area contributed by atoms with E-state index >= 15 is 0 Å². The van der Waals surface area contributed by atoms with E-state index in [0.717, 1.165) is 24.8 Å². The van der Waals surface area contributed by atoms with Crippen LogP contribution in [0.1, 0.15) is 46.0 Å². The van der Waals surface area contributed by atoms with Crippen molar-refractivity contribution in [3.63, 3.8) is 0 Å². The second-order valence-corrected chi connectivity index (χ2v) is 5.34. The Morgan fingerprint density at radius 2 is 2.25 bits per heavy atom. The SMILES string of the molecule is CNC(=O)C1CC(CCCC(C)C)CCN1. The van der Waals surface area contributed by atoms with Crippen LogP contribution in [0.2, 0.25) is 0 Å². The fraction of sp³-hybridized carbons (Fsp3) is 0.923. The summed E-state index contributed by atoms with van der Waals surface area (Å²) in [5, 5.41) is 6.02.